The Balaban J connectivity index is 0.000000654. The van der Waals surface area contributed by atoms with Crippen molar-refractivity contribution in [1.82, 2.24) is 9.80 Å². The maximum Gasteiger partial charge on any atom is 0.394 e. The van der Waals surface area contributed by atoms with Crippen LogP contribution in [0.25, 0.3) is 0 Å². The molecule has 0 saturated carbocycles. The third-order valence-electron chi connectivity index (χ3n) is 4.58. The molecule has 17 heteroatoms. The number of likely N-dealkylation sites (N-methyl/N-ethyl adjacent to an activating group) is 1. The molecule has 3 heterocycles. The lowest BCUT2D eigenvalue weighted by molar-refractivity contribution is -0.0486. The van der Waals surface area contributed by atoms with Gasteiger partial charge in [-0.3, -0.25) is 14.5 Å². The molecule has 32 heavy (non-hydrogen) atoms. The largest absolute Gasteiger partial charge is 0.394 e. The number of aliphatic hydroxyl groups excluding tert-OH is 2. The summed E-state index contributed by atoms with van der Waals surface area (Å²) < 4.78 is 37.4. The van der Waals surface area contributed by atoms with E-state index in [4.69, 9.17) is 33.6 Å². The van der Waals surface area contributed by atoms with Crippen molar-refractivity contribution in [3.63, 3.8) is 0 Å². The van der Waals surface area contributed by atoms with Crippen LogP contribution in [0, 0.1) is 5.41 Å². The molecular formula is C15H25N7O9S. The summed E-state index contributed by atoms with van der Waals surface area (Å²) in [7, 11) is -2.80. The first kappa shape index (κ1) is 26.0. The standard InChI is InChI=1S/C15H23N7O5.H2O4S/c1-21(4-2-3-5-26-17)6-8-10(23)11(24)14(27-8)22-13-9(20-15(22)25)12(16)18-7-19-13;1-5(2,3)4/h7-8,10-11,14,16,23-24H,2-6,17H2,1H3;(H2,1,2,3,4)/t8-,10-,11-,14-;/m1./s1. The van der Waals surface area contributed by atoms with Gasteiger partial charge in [0, 0.05) is 6.54 Å². The summed E-state index contributed by atoms with van der Waals surface area (Å²) in [6, 6.07) is -0.717. The summed E-state index contributed by atoms with van der Waals surface area (Å²) in [5.74, 6) is 4.88. The first-order valence-corrected chi connectivity index (χ1v) is 10.7. The van der Waals surface area contributed by atoms with Crippen LogP contribution >= 0.6 is 0 Å². The Labute approximate surface area is 183 Å². The van der Waals surface area contributed by atoms with Gasteiger partial charge in [0.25, 0.3) is 0 Å². The lowest BCUT2D eigenvalue weighted by atomic mass is 10.1. The van der Waals surface area contributed by atoms with Crippen LogP contribution in [0.15, 0.2) is 15.0 Å². The number of nitrogens with zero attached hydrogens (tertiary/aromatic N) is 5. The number of amides is 2. The molecule has 4 atom stereocenters. The van der Waals surface area contributed by atoms with Crippen LogP contribution in [0.3, 0.4) is 0 Å². The van der Waals surface area contributed by atoms with Gasteiger partial charge in [-0.05, 0) is 26.4 Å². The highest BCUT2D eigenvalue weighted by Crippen LogP contribution is 2.28. The molecule has 1 saturated heterocycles. The number of unbranched alkanes of at least 4 members (excludes halogenated alkanes) is 1. The predicted molar refractivity (Wildman–Crippen MR) is 110 cm³/mol. The second-order valence-electron chi connectivity index (χ2n) is 6.99. The van der Waals surface area contributed by atoms with E-state index in [1.165, 1.54) is 0 Å². The van der Waals surface area contributed by atoms with E-state index in [1.54, 1.807) is 0 Å². The highest BCUT2D eigenvalue weighted by Gasteiger charge is 2.51. The zero-order valence-electron chi connectivity index (χ0n) is 17.0. The topological polar surface area (TPSA) is 244 Å². The molecule has 3 aliphatic rings. The minimum Gasteiger partial charge on any atom is -0.387 e. The number of carbonyl (C=O) groups is 1. The maximum atomic E-state index is 12.3. The molecule has 0 bridgehead atoms. The highest BCUT2D eigenvalue weighted by atomic mass is 32.3. The van der Waals surface area contributed by atoms with Gasteiger partial charge in [-0.1, -0.05) is 0 Å². The molecule has 1 fully saturated rings. The smallest absolute Gasteiger partial charge is 0.387 e. The molecule has 0 aromatic heterocycles. The third kappa shape index (κ3) is 6.89. The van der Waals surface area contributed by atoms with Crippen LogP contribution in [0.1, 0.15) is 12.8 Å². The quantitative estimate of drug-likeness (QED) is 0.122. The molecule has 0 aromatic carbocycles. The summed E-state index contributed by atoms with van der Waals surface area (Å²) in [5.41, 5.74) is 0.0236. The van der Waals surface area contributed by atoms with E-state index >= 15 is 0 Å². The summed E-state index contributed by atoms with van der Waals surface area (Å²) in [5, 5.41) is 28.5. The highest BCUT2D eigenvalue weighted by molar-refractivity contribution is 7.79. The fraction of sp³-hybridized carbons (Fsp3) is 0.667. The molecule has 16 nitrogen and oxygen atoms in total. The molecular weight excluding hydrogens is 454 g/mol. The number of rotatable bonds is 8. The van der Waals surface area contributed by atoms with Gasteiger partial charge in [0.2, 0.25) is 0 Å². The molecule has 7 N–H and O–H groups in total. The zero-order valence-corrected chi connectivity index (χ0v) is 17.8. The molecule has 2 amide bonds. The maximum absolute atomic E-state index is 12.3. The Morgan fingerprint density at radius 1 is 1.31 bits per heavy atom. The fourth-order valence-corrected chi connectivity index (χ4v) is 3.18. The number of hydrogen-bond acceptors (Lipinski definition) is 11. The van der Waals surface area contributed by atoms with Gasteiger partial charge in [0.05, 0.1) is 6.61 Å². The molecule has 0 aromatic rings. The number of amidine groups is 2. The van der Waals surface area contributed by atoms with Crippen molar-refractivity contribution in [2.24, 2.45) is 20.9 Å². The van der Waals surface area contributed by atoms with Crippen LogP contribution in [-0.2, 0) is 20.0 Å². The number of nitrogens with one attached hydrogen (secondary N) is 1. The van der Waals surface area contributed by atoms with Crippen molar-refractivity contribution < 1.29 is 42.1 Å². The van der Waals surface area contributed by atoms with Gasteiger partial charge < -0.3 is 24.7 Å². The minimum absolute atomic E-state index is 0.0236. The number of hydrogen-bond donors (Lipinski definition) is 6. The van der Waals surface area contributed by atoms with Crippen LogP contribution in [-0.4, -0.2) is 119 Å². The molecule has 0 radical (unpaired) electrons. The van der Waals surface area contributed by atoms with Gasteiger partial charge in [-0.15, -0.1) is 0 Å². The molecule has 0 spiro atoms. The van der Waals surface area contributed by atoms with Gasteiger partial charge in [0.1, 0.15) is 24.7 Å². The first-order valence-electron chi connectivity index (χ1n) is 9.27. The lowest BCUT2D eigenvalue weighted by Crippen LogP contribution is -2.49. The monoisotopic (exact) mass is 479 g/mol. The average Bonchev–Trinajstić information content (AvgIpc) is 3.16. The Kier molecular flexibility index (Phi) is 9.01. The number of urea groups is 1. The lowest BCUT2D eigenvalue weighted by Gasteiger charge is -2.26. The van der Waals surface area contributed by atoms with Crippen LogP contribution in [0.5, 0.6) is 0 Å². The Morgan fingerprint density at radius 3 is 2.59 bits per heavy atom. The van der Waals surface area contributed by atoms with Crippen molar-refractivity contribution in [2.45, 2.75) is 37.4 Å². The number of carbonyl (C=O) groups excluding carboxylic acids is 1. The zero-order chi connectivity index (χ0) is 24.1. The molecule has 180 valence electrons. The fourth-order valence-electron chi connectivity index (χ4n) is 3.18. The summed E-state index contributed by atoms with van der Waals surface area (Å²) in [4.78, 5) is 31.2. The number of aliphatic imine (C=N–C) groups is 3. The summed E-state index contributed by atoms with van der Waals surface area (Å²) >= 11 is 0. The SMILES string of the molecule is CN(CCCCON)C[C@H]1O[C@@H](N2C(=O)N=C3C(=N)N=CN=C32)[C@H](O)[C@@H]1O.O=S(=O)(O)O. The van der Waals surface area contributed by atoms with Gasteiger partial charge in [-0.25, -0.2) is 25.6 Å². The van der Waals surface area contributed by atoms with E-state index in [0.29, 0.717) is 13.2 Å². The Bertz CT molecular complexity index is 899. The normalized spacial score (nSPS) is 27.3. The van der Waals surface area contributed by atoms with Crippen molar-refractivity contribution in [2.75, 3.05) is 26.7 Å². The van der Waals surface area contributed by atoms with E-state index in [2.05, 4.69) is 19.8 Å². The first-order chi connectivity index (χ1) is 14.9. The van der Waals surface area contributed by atoms with Crippen molar-refractivity contribution in [3.05, 3.63) is 0 Å². The molecule has 0 unspecified atom stereocenters. The van der Waals surface area contributed by atoms with Crippen molar-refractivity contribution in [3.8, 4) is 0 Å². The predicted octanol–water partition coefficient (Wildman–Crippen LogP) is -2.32. The average molecular weight is 479 g/mol. The number of aliphatic hydroxyl groups is 2. The third-order valence-corrected chi connectivity index (χ3v) is 4.58. The number of ether oxygens (including phenoxy) is 1. The number of nitrogens with two attached hydrogens (primary N) is 1. The second-order valence-corrected chi connectivity index (χ2v) is 7.89. The second kappa shape index (κ2) is 11.1. The van der Waals surface area contributed by atoms with Gasteiger partial charge in [-0.2, -0.15) is 13.4 Å². The Morgan fingerprint density at radius 2 is 1.97 bits per heavy atom. The Hall–Kier alpha value is -2.22. The van der Waals surface area contributed by atoms with Gasteiger partial charge in [0.15, 0.2) is 23.6 Å². The van der Waals surface area contributed by atoms with E-state index < -0.39 is 41.0 Å². The molecule has 3 rings (SSSR count). The summed E-state index contributed by atoms with van der Waals surface area (Å²) in [6.45, 7) is 1.56. The van der Waals surface area contributed by atoms with Crippen molar-refractivity contribution >= 4 is 40.2 Å². The minimum atomic E-state index is -4.67. The van der Waals surface area contributed by atoms with E-state index in [1.807, 2.05) is 11.9 Å². The van der Waals surface area contributed by atoms with Crippen LogP contribution < -0.4 is 5.90 Å². The van der Waals surface area contributed by atoms with Crippen molar-refractivity contribution in [1.29, 1.82) is 5.41 Å². The van der Waals surface area contributed by atoms with Crippen LogP contribution in [0.2, 0.25) is 0 Å². The van der Waals surface area contributed by atoms with E-state index in [0.717, 1.165) is 30.6 Å². The van der Waals surface area contributed by atoms with Crippen LogP contribution in [0.4, 0.5) is 4.79 Å². The molecule has 3 aliphatic heterocycles. The van der Waals surface area contributed by atoms with E-state index in [9.17, 15) is 15.0 Å². The summed E-state index contributed by atoms with van der Waals surface area (Å²) in [6.07, 6.45) is -1.57. The van der Waals surface area contributed by atoms with Gasteiger partial charge >= 0.3 is 16.4 Å². The number of fused-ring (bicyclic) bond motifs is 1. The molecule has 0 aliphatic carbocycles. The van der Waals surface area contributed by atoms with E-state index in [-0.39, 0.29) is 17.4 Å².